The zero-order valence-electron chi connectivity index (χ0n) is 47.5. The van der Waals surface area contributed by atoms with E-state index >= 15 is 0 Å². The molecule has 0 aliphatic heterocycles. The number of carbonyl (C=O) groups is 2. The average Bonchev–Trinajstić information content (AvgIpc) is 3.65. The third-order valence-corrected chi connectivity index (χ3v) is 17.7. The maximum absolute atomic E-state index is 13.5. The highest BCUT2D eigenvalue weighted by Gasteiger charge is 2.30. The minimum Gasteiger partial charge on any atom is -0.504 e. The first-order valence-corrected chi connectivity index (χ1v) is 29.6. The molecule has 0 unspecified atom stereocenters. The summed E-state index contributed by atoms with van der Waals surface area (Å²) < 4.78 is 53.8. The summed E-state index contributed by atoms with van der Waals surface area (Å²) in [5.41, 5.74) is 5.26. The summed E-state index contributed by atoms with van der Waals surface area (Å²) in [5.74, 6) is -5.09. The van der Waals surface area contributed by atoms with Crippen LogP contribution in [0.5, 0.6) is 34.5 Å². The van der Waals surface area contributed by atoms with Crippen LogP contribution in [0.2, 0.25) is 0 Å². The van der Waals surface area contributed by atoms with E-state index in [-0.39, 0.29) is 88.7 Å². The second-order valence-electron chi connectivity index (χ2n) is 22.8. The Labute approximate surface area is 480 Å². The molecule has 2 amide bonds. The van der Waals surface area contributed by atoms with Gasteiger partial charge in [0.15, 0.2) is 23.0 Å². The van der Waals surface area contributed by atoms with Crippen molar-refractivity contribution in [2.24, 2.45) is 0 Å². The number of phenolic OH excluding ortho intramolecular Hbond substituents is 6. The van der Waals surface area contributed by atoms with Gasteiger partial charge in [0.2, 0.25) is 31.2 Å². The number of carbonyl (C=O) groups excluding carboxylic acids is 2. The molecule has 8 rings (SSSR count). The van der Waals surface area contributed by atoms with Crippen molar-refractivity contribution in [1.82, 2.24) is 0 Å². The van der Waals surface area contributed by atoms with Gasteiger partial charge in [0, 0.05) is 35.3 Å². The van der Waals surface area contributed by atoms with Crippen LogP contribution in [0.15, 0.2) is 177 Å². The number of amides is 2. The smallest absolute Gasteiger partial charge is 0.259 e. The van der Waals surface area contributed by atoms with E-state index in [1.165, 1.54) is 60.7 Å². The van der Waals surface area contributed by atoms with E-state index < -0.39 is 66.0 Å². The summed E-state index contributed by atoms with van der Waals surface area (Å²) >= 11 is 0. The predicted molar refractivity (Wildman–Crippen MR) is 320 cm³/mol. The van der Waals surface area contributed by atoms with Gasteiger partial charge in [0.05, 0.1) is 30.7 Å². The lowest BCUT2D eigenvalue weighted by atomic mass is 9.87. The number of hydrogen-bond acceptors (Lipinski definition) is 12. The van der Waals surface area contributed by atoms with Gasteiger partial charge in [-0.3, -0.25) is 9.59 Å². The maximum atomic E-state index is 13.5. The molecule has 8 aromatic rings. The first kappa shape index (κ1) is 61.0. The summed E-state index contributed by atoms with van der Waals surface area (Å²) in [7, 11) is -7.65. The van der Waals surface area contributed by atoms with Gasteiger partial charge < -0.3 is 41.3 Å². The van der Waals surface area contributed by atoms with Crippen LogP contribution in [0.1, 0.15) is 146 Å². The Morgan fingerprint density at radius 1 is 0.402 bits per heavy atom. The van der Waals surface area contributed by atoms with Crippen molar-refractivity contribution in [3.05, 3.63) is 213 Å². The number of nitrogens with one attached hydrogen (secondary N) is 2. The van der Waals surface area contributed by atoms with E-state index in [4.69, 9.17) is 0 Å². The van der Waals surface area contributed by atoms with Crippen LogP contribution in [-0.2, 0) is 43.3 Å². The molecule has 16 heteroatoms. The molecule has 0 saturated heterocycles. The molecular formula is C66H70N2O12S2. The summed E-state index contributed by atoms with van der Waals surface area (Å²) in [4.78, 5) is 26.9. The van der Waals surface area contributed by atoms with Crippen LogP contribution >= 0.6 is 0 Å². The zero-order chi connectivity index (χ0) is 60.2. The number of anilines is 2. The van der Waals surface area contributed by atoms with Gasteiger partial charge in [-0.05, 0) is 129 Å². The molecule has 0 saturated carbocycles. The van der Waals surface area contributed by atoms with Gasteiger partial charge in [-0.15, -0.1) is 0 Å². The van der Waals surface area contributed by atoms with E-state index in [1.807, 2.05) is 130 Å². The highest BCUT2D eigenvalue weighted by molar-refractivity contribution is 7.91. The van der Waals surface area contributed by atoms with E-state index in [2.05, 4.69) is 10.6 Å². The van der Waals surface area contributed by atoms with Crippen LogP contribution in [0.4, 0.5) is 11.4 Å². The third kappa shape index (κ3) is 13.3. The Bertz CT molecular complexity index is 3660. The third-order valence-electron chi connectivity index (χ3n) is 14.1. The van der Waals surface area contributed by atoms with Crippen molar-refractivity contribution in [3.63, 3.8) is 0 Å². The summed E-state index contributed by atoms with van der Waals surface area (Å²) in [6.07, 6.45) is 0.466. The average molecular weight is 1150 g/mol. The summed E-state index contributed by atoms with van der Waals surface area (Å²) in [6, 6.07) is 43.3. The Kier molecular flexibility index (Phi) is 18.0. The van der Waals surface area contributed by atoms with Crippen LogP contribution in [0.3, 0.4) is 0 Å². The molecule has 0 spiro atoms. The highest BCUT2D eigenvalue weighted by Crippen LogP contribution is 2.44. The minimum absolute atomic E-state index is 0.0726. The number of benzene rings is 8. The molecule has 0 atom stereocenters. The Balaban J connectivity index is 0.000000236. The second kappa shape index (κ2) is 24.2. The lowest BCUT2D eigenvalue weighted by Gasteiger charge is -2.22. The first-order valence-electron chi connectivity index (χ1n) is 26.6. The number of rotatable bonds is 14. The maximum Gasteiger partial charge on any atom is 0.259 e. The predicted octanol–water partition coefficient (Wildman–Crippen LogP) is 13.8. The second-order valence-corrected chi connectivity index (χ2v) is 26.6. The largest absolute Gasteiger partial charge is 0.504 e. The number of sulfone groups is 2. The van der Waals surface area contributed by atoms with Crippen molar-refractivity contribution >= 4 is 42.9 Å². The van der Waals surface area contributed by atoms with E-state index in [0.717, 1.165) is 22.3 Å². The summed E-state index contributed by atoms with van der Waals surface area (Å²) in [5, 5.41) is 68.1. The van der Waals surface area contributed by atoms with Gasteiger partial charge in [-0.25, -0.2) is 16.8 Å². The molecule has 8 N–H and O–H groups in total. The molecule has 0 bridgehead atoms. The van der Waals surface area contributed by atoms with Crippen LogP contribution in [0.25, 0.3) is 0 Å². The van der Waals surface area contributed by atoms with Gasteiger partial charge in [-0.1, -0.05) is 154 Å². The Hall–Kier alpha value is -8.60. The van der Waals surface area contributed by atoms with Gasteiger partial charge in [-0.2, -0.15) is 0 Å². The molecule has 0 heterocycles. The van der Waals surface area contributed by atoms with Gasteiger partial charge in [0.1, 0.15) is 0 Å². The quantitative estimate of drug-likeness (QED) is 0.0474. The van der Waals surface area contributed by atoms with Crippen LogP contribution in [0, 0.1) is 0 Å². The molecular weight excluding hydrogens is 1080 g/mol. The normalized spacial score (nSPS) is 12.0. The topological polar surface area (TPSA) is 248 Å². The van der Waals surface area contributed by atoms with Crippen molar-refractivity contribution in [2.75, 3.05) is 10.6 Å². The molecule has 0 aromatic heterocycles. The molecule has 428 valence electrons. The number of aromatic hydroxyl groups is 6. The fraction of sp³-hybridized carbons (Fsp3) is 0.242. The van der Waals surface area contributed by atoms with E-state index in [9.17, 15) is 57.1 Å². The van der Waals surface area contributed by atoms with Crippen molar-refractivity contribution in [3.8, 4) is 34.5 Å². The monoisotopic (exact) mass is 1150 g/mol. The first-order chi connectivity index (χ1) is 38.4. The minimum atomic E-state index is -3.83. The Morgan fingerprint density at radius 3 is 1.02 bits per heavy atom. The Morgan fingerprint density at radius 2 is 0.707 bits per heavy atom. The molecule has 8 aromatic carbocycles. The highest BCUT2D eigenvalue weighted by atomic mass is 32.2. The van der Waals surface area contributed by atoms with Crippen molar-refractivity contribution in [1.29, 1.82) is 0 Å². The molecule has 0 fully saturated rings. The number of hydrogen-bond donors (Lipinski definition) is 8. The van der Waals surface area contributed by atoms with E-state index in [0.29, 0.717) is 11.1 Å². The fourth-order valence-electron chi connectivity index (χ4n) is 9.68. The molecule has 0 aliphatic carbocycles. The standard InChI is InChI=1S/2C33H35NO6S/c2*1-20(2)25-11-7-6-10-21(25)18-22-19-26(30(36)31(37)29(22)35)32(38)34-23-14-16-24(17-15-23)41(39,40)28-13-9-8-12-27(28)33(3,4)5/h2*6-17,19-20,35-37H,18H2,1-5H3,(H,34,38). The number of phenols is 6. The van der Waals surface area contributed by atoms with Crippen LogP contribution in [-0.4, -0.2) is 59.3 Å². The molecule has 82 heavy (non-hydrogen) atoms. The van der Waals surface area contributed by atoms with Crippen molar-refractivity contribution < 1.29 is 57.1 Å². The van der Waals surface area contributed by atoms with Crippen molar-refractivity contribution in [2.45, 2.75) is 124 Å². The lowest BCUT2D eigenvalue weighted by molar-refractivity contribution is 0.101. The zero-order valence-corrected chi connectivity index (χ0v) is 49.2. The van der Waals surface area contributed by atoms with E-state index in [1.54, 1.807) is 36.4 Å². The fourth-order valence-corrected chi connectivity index (χ4v) is 13.0. The lowest BCUT2D eigenvalue weighted by Crippen LogP contribution is -2.17. The van der Waals surface area contributed by atoms with Gasteiger partial charge >= 0.3 is 0 Å². The molecule has 0 aliphatic rings. The molecule has 0 radical (unpaired) electrons. The summed E-state index contributed by atoms with van der Waals surface area (Å²) in [6.45, 7) is 19.9. The van der Waals surface area contributed by atoms with Gasteiger partial charge in [0.25, 0.3) is 11.8 Å². The van der Waals surface area contributed by atoms with Crippen LogP contribution < -0.4 is 10.6 Å². The SMILES string of the molecule is CC(C)c1ccccc1Cc1cc(C(=O)Nc2ccc(S(=O)(=O)c3ccccc3C(C)(C)C)cc2)c(O)c(O)c1O.CC(C)c1ccccc1Cc1cc(C(=O)Nc2ccc(S(=O)(=O)c3ccccc3C(C)(C)C)cc2)c(O)c(O)c1O. The molecule has 14 nitrogen and oxygen atoms in total.